The Labute approximate surface area is 890 Å². The highest BCUT2D eigenvalue weighted by atomic mass is 32.2. The standard InChI is InChI=1S/C34H40FNO5S.C20H29FO2S.C19H27FO3S.C15H20FNO2S.C15H16FNO2S.C14H18FNO2/c1-22-14-28(39-5)11-9-26(22)20-36(21-27-10-12-29(40-6)17-32(27)41-7)33(42)19-34(4,18-24(3)38)30-16-25(15-23(2)37)8-13-31(30)35;1-14(2)12-20(7,13-24(23)19(4,5)6)17-11-16(10-15(3)22)8-9-18(17)21;1-13(21)9-15-7-8-17(20)16(10-15)19(6,11-14(2)22)12-24(23)18(3,4)5;1-10(18)8-12-6-7-14(16)13(9-12)11(2)17-20(19)15(3,4)5;1-10(18)6-12-4-5-14(16)13(7-12)15(3,17-9-20)8-11(2)19;1-9(17)6-11-4-5-13(15)12(7-11)14(3,16)8-10(2)18/h8-14,16-17H,15,18-21H2,1-7H3;8-9,11H,1,10,12-13H2,2-7H3;7-8,10H,9,11-12H2,1-6H3;6-7,9H,8H2,1-5H3;4-5,7H,6,8H2,1-3H3;4-5,7H,6,8,16H2,1-3H3/t34-;20-,24+;19-,24+;20-;15-;14-/m111100/s1. The largest absolute Gasteiger partial charge is 0.497 e. The molecule has 0 aliphatic heterocycles. The summed E-state index contributed by atoms with van der Waals surface area (Å²) in [6, 6.07) is 38.8. The number of thiocarbonyl (C=S) groups is 2. The van der Waals surface area contributed by atoms with Crippen molar-refractivity contribution in [2.75, 3.05) is 32.8 Å². The monoisotopic (exact) mass is 2140 g/mol. The number of carbonyl (C=O) groups excluding carboxylic acids is 10. The second kappa shape index (κ2) is 58.4. The fourth-order valence-electron chi connectivity index (χ4n) is 16.6. The molecular formula is C117H150F6N4O16S5. The van der Waals surface area contributed by atoms with Gasteiger partial charge in [-0.2, -0.15) is 4.40 Å². The Kier molecular flexibility index (Phi) is 51.7. The van der Waals surface area contributed by atoms with Gasteiger partial charge in [-0.3, -0.25) is 56.4 Å². The summed E-state index contributed by atoms with van der Waals surface area (Å²) >= 11 is 10.7. The zero-order valence-electron chi connectivity index (χ0n) is 91.6. The Balaban J connectivity index is 0.000000470. The molecule has 0 saturated carbocycles. The van der Waals surface area contributed by atoms with E-state index in [1.165, 1.54) is 106 Å². The average molecular weight is 2140 g/mol. The molecule has 0 aliphatic rings. The van der Waals surface area contributed by atoms with Gasteiger partial charge in [0.15, 0.2) is 0 Å². The highest BCUT2D eigenvalue weighted by molar-refractivity contribution is 7.86. The van der Waals surface area contributed by atoms with Crippen molar-refractivity contribution in [3.05, 3.63) is 276 Å². The SMILES string of the molecule is C=C(C)C[C@](C)(C[S@](=O)C(C)(C)C)c1cc(CC(C)=O)ccc1F.CC(=O)Cc1ccc(F)c(C(C)=N[S@](=O)C(C)(C)C)c1.CC(=O)Cc1ccc(F)c([C@@](C)(N)CC(C)=O)c1.CC(=O)Cc1ccc(F)c([C@](C)(CC(C)=O)C[S@](=O)C(C)(C)C)c1.CC(=O)Cc1ccc(F)c([C@](C)(CC(C)=O)N=C=S)c1.COc1ccc(CN(Cc2ccc(OC)cc2OC)C(=S)C[C@@](C)(CC(C)=O)c2cc(CC(C)=O)ccc2F)c(C)c1. The van der Waals surface area contributed by atoms with Gasteiger partial charge in [-0.1, -0.05) is 105 Å². The molecule has 148 heavy (non-hydrogen) atoms. The molecule has 31 heteroatoms. The van der Waals surface area contributed by atoms with Crippen molar-refractivity contribution in [2.24, 2.45) is 15.1 Å². The third-order valence-electron chi connectivity index (χ3n) is 23.6. The molecule has 0 fully saturated rings. The van der Waals surface area contributed by atoms with Gasteiger partial charge < -0.3 is 24.8 Å². The summed E-state index contributed by atoms with van der Waals surface area (Å²) < 4.78 is 143. The molecule has 2 N–H and O–H groups in total. The van der Waals surface area contributed by atoms with Gasteiger partial charge in [0.1, 0.15) is 127 Å². The highest BCUT2D eigenvalue weighted by Gasteiger charge is 2.40. The lowest BCUT2D eigenvalue weighted by molar-refractivity contribution is -0.119. The van der Waals surface area contributed by atoms with Gasteiger partial charge in [-0.15, -0.1) is 6.58 Å². The summed E-state index contributed by atoms with van der Waals surface area (Å²) in [7, 11) is 1.04. The first kappa shape index (κ1) is 131. The summed E-state index contributed by atoms with van der Waals surface area (Å²) in [6.07, 6.45) is 2.47. The first-order valence-electron chi connectivity index (χ1n) is 48.3. The van der Waals surface area contributed by atoms with E-state index in [-0.39, 0.29) is 156 Å². The van der Waals surface area contributed by atoms with Gasteiger partial charge >= 0.3 is 0 Å². The van der Waals surface area contributed by atoms with Crippen molar-refractivity contribution in [1.29, 1.82) is 0 Å². The Morgan fingerprint density at radius 2 is 0.696 bits per heavy atom. The number of rotatable bonds is 43. The number of halogens is 6. The van der Waals surface area contributed by atoms with Gasteiger partial charge in [0, 0.05) is 176 Å². The highest BCUT2D eigenvalue weighted by Crippen LogP contribution is 2.42. The molecule has 8 aromatic carbocycles. The maximum Gasteiger partial charge on any atom is 0.145 e. The van der Waals surface area contributed by atoms with E-state index in [4.69, 9.17) is 32.2 Å². The van der Waals surface area contributed by atoms with E-state index in [2.05, 4.69) is 38.2 Å². The smallest absolute Gasteiger partial charge is 0.145 e. The molecular weight excluding hydrogens is 1990 g/mol. The minimum Gasteiger partial charge on any atom is -0.497 e. The number of ketones is 10. The van der Waals surface area contributed by atoms with Crippen LogP contribution >= 0.6 is 24.4 Å². The molecule has 0 aliphatic carbocycles. The number of nitrogens with two attached hydrogens (primary N) is 1. The first-order valence-corrected chi connectivity index (χ1v) is 52.8. The average Bonchev–Trinajstić information content (AvgIpc) is 0.775. The topological polar surface area (TPSA) is 304 Å². The van der Waals surface area contributed by atoms with E-state index < -0.39 is 98.5 Å². The third kappa shape index (κ3) is 43.9. The summed E-state index contributed by atoms with van der Waals surface area (Å²) in [5.74, 6) is -0.309. The lowest BCUT2D eigenvalue weighted by Crippen LogP contribution is -2.38. The van der Waals surface area contributed by atoms with Gasteiger partial charge in [-0.25, -0.2) is 35.5 Å². The predicted octanol–water partition coefficient (Wildman–Crippen LogP) is 24.0. The predicted molar refractivity (Wildman–Crippen MR) is 591 cm³/mol. The molecule has 8 atom stereocenters. The van der Waals surface area contributed by atoms with Gasteiger partial charge in [0.2, 0.25) is 0 Å². The minimum absolute atomic E-state index is 0.00199. The minimum atomic E-state index is -1.44. The van der Waals surface area contributed by atoms with Crippen LogP contribution in [0.25, 0.3) is 0 Å². The maximum absolute atomic E-state index is 15.4. The molecule has 0 heterocycles. The summed E-state index contributed by atoms with van der Waals surface area (Å²) in [4.78, 5) is 121. The molecule has 806 valence electrons. The number of benzene rings is 8. The van der Waals surface area contributed by atoms with Gasteiger partial charge in [-0.05, 0) is 319 Å². The van der Waals surface area contributed by atoms with E-state index >= 15 is 4.39 Å². The quantitative estimate of drug-likeness (QED) is 0.0161. The van der Waals surface area contributed by atoms with Gasteiger partial charge in [0.05, 0.1) is 41.9 Å². The van der Waals surface area contributed by atoms with Crippen LogP contribution in [-0.2, 0) is 159 Å². The Morgan fingerprint density at radius 1 is 0.378 bits per heavy atom. The Morgan fingerprint density at radius 3 is 1.03 bits per heavy atom. The van der Waals surface area contributed by atoms with E-state index in [1.54, 1.807) is 122 Å². The van der Waals surface area contributed by atoms with Crippen molar-refractivity contribution >= 4 is 131 Å². The van der Waals surface area contributed by atoms with Crippen molar-refractivity contribution in [3.63, 3.8) is 0 Å². The van der Waals surface area contributed by atoms with E-state index in [0.29, 0.717) is 92.0 Å². The normalized spacial score (nSPS) is 14.0. The molecule has 0 radical (unpaired) electrons. The molecule has 0 aromatic heterocycles. The molecule has 0 saturated heterocycles. The molecule has 0 unspecified atom stereocenters. The maximum atomic E-state index is 15.4. The number of carbonyl (C=O) groups is 10. The zero-order chi connectivity index (χ0) is 113. The molecule has 0 amide bonds. The molecule has 0 bridgehead atoms. The number of aliphatic imine (C=N–C) groups is 1. The van der Waals surface area contributed by atoms with Crippen LogP contribution in [-0.4, -0.2) is 138 Å². The lowest BCUT2D eigenvalue weighted by Gasteiger charge is -2.35. The van der Waals surface area contributed by atoms with Crippen molar-refractivity contribution in [2.45, 2.75) is 319 Å². The number of hydrogen-bond donors (Lipinski definition) is 1. The third-order valence-corrected chi connectivity index (χ3v) is 30.1. The van der Waals surface area contributed by atoms with E-state index in [0.717, 1.165) is 39.1 Å². The number of ether oxygens (including phenoxy) is 3. The number of methoxy groups -OCH3 is 3. The van der Waals surface area contributed by atoms with Crippen molar-refractivity contribution < 1.29 is 101 Å². The summed E-state index contributed by atoms with van der Waals surface area (Å²) in [5, 5.41) is 2.22. The van der Waals surface area contributed by atoms with Crippen LogP contribution < -0.4 is 19.9 Å². The Bertz CT molecular complexity index is 6190. The lowest BCUT2D eigenvalue weighted by atomic mass is 9.74. The van der Waals surface area contributed by atoms with Crippen LogP contribution in [0.3, 0.4) is 0 Å². The Hall–Kier alpha value is -11.1. The number of nitrogens with zero attached hydrogens (tertiary/aromatic N) is 3. The summed E-state index contributed by atoms with van der Waals surface area (Å²) in [6.45, 7) is 50.7. The zero-order valence-corrected chi connectivity index (χ0v) is 95.7. The van der Waals surface area contributed by atoms with Gasteiger partial charge in [0.25, 0.3) is 0 Å². The fraction of sp³-hybridized carbons (Fsp3) is 0.462. The number of Topliss-reactive ketones (excluding diaryl/α,β-unsaturated/α-hetero) is 10. The van der Waals surface area contributed by atoms with Crippen LogP contribution in [0.1, 0.15) is 302 Å². The number of hydrogen-bond acceptors (Lipinski definition) is 20. The molecule has 0 spiro atoms. The van der Waals surface area contributed by atoms with Crippen LogP contribution in [0, 0.1) is 41.8 Å². The molecule has 8 rings (SSSR count). The first-order chi connectivity index (χ1) is 68.2. The van der Waals surface area contributed by atoms with E-state index in [1.807, 2.05) is 126 Å². The molecule has 8 aromatic rings. The van der Waals surface area contributed by atoms with Crippen molar-refractivity contribution in [3.8, 4) is 17.2 Å². The number of allylic oxidation sites excluding steroid dienone is 1. The fourth-order valence-corrected chi connectivity index (χ4v) is 20.4. The van der Waals surface area contributed by atoms with Crippen LogP contribution in [0.15, 0.2) is 167 Å². The number of isothiocyanates is 1. The van der Waals surface area contributed by atoms with Crippen LogP contribution in [0.4, 0.5) is 26.3 Å². The van der Waals surface area contributed by atoms with Crippen LogP contribution in [0.5, 0.6) is 17.2 Å². The van der Waals surface area contributed by atoms with E-state index in [9.17, 15) is 82.5 Å². The van der Waals surface area contributed by atoms with Crippen LogP contribution in [0.2, 0.25) is 0 Å². The van der Waals surface area contributed by atoms with Crippen molar-refractivity contribution in [1.82, 2.24) is 4.90 Å². The second-order valence-corrected chi connectivity index (χ2v) is 49.5. The molecule has 20 nitrogen and oxygen atoms in total. The number of aryl methyl sites for hydroxylation is 1. The summed E-state index contributed by atoms with van der Waals surface area (Å²) in [5.41, 5.74) is 12.1. The second-order valence-electron chi connectivity index (χ2n) is 42.5.